The van der Waals surface area contributed by atoms with Gasteiger partial charge in [0.15, 0.2) is 0 Å². The van der Waals surface area contributed by atoms with Crippen molar-refractivity contribution in [2.24, 2.45) is 0 Å². The van der Waals surface area contributed by atoms with Gasteiger partial charge in [0.2, 0.25) is 11.0 Å². The molecule has 29 heavy (non-hydrogen) atoms. The number of nitrogens with one attached hydrogen (secondary N) is 1. The number of hydrogen-bond acceptors (Lipinski definition) is 6. The molecule has 4 aromatic rings. The number of carbonyl (C=O) groups excluding carboxylic acids is 1. The number of carbonyl (C=O) groups is 1. The van der Waals surface area contributed by atoms with Gasteiger partial charge in [0.1, 0.15) is 5.82 Å². The number of hydrogen-bond donors (Lipinski definition) is 1. The molecule has 1 amide bonds. The number of benzene rings is 2. The molecule has 0 saturated carbocycles. The third-order valence-electron chi connectivity index (χ3n) is 4.08. The first-order chi connectivity index (χ1) is 14.0. The molecule has 0 aliphatic carbocycles. The van der Waals surface area contributed by atoms with E-state index in [1.54, 1.807) is 29.0 Å². The number of nitro benzene ring substituents is 1. The van der Waals surface area contributed by atoms with Crippen molar-refractivity contribution >= 4 is 45.0 Å². The Bertz CT molecular complexity index is 1210. The molecule has 2 aromatic carbocycles. The number of aromatic nitrogens is 3. The Morgan fingerprint density at radius 2 is 1.97 bits per heavy atom. The van der Waals surface area contributed by atoms with Crippen LogP contribution < -0.4 is 5.32 Å². The van der Waals surface area contributed by atoms with Crippen molar-refractivity contribution in [3.63, 3.8) is 0 Å². The molecule has 0 fully saturated rings. The molecular formula is C20H15N5O3S. The molecule has 0 saturated heterocycles. The zero-order valence-electron chi connectivity index (χ0n) is 15.3. The van der Waals surface area contributed by atoms with Gasteiger partial charge >= 0.3 is 0 Å². The number of aryl methyl sites for hydroxylation is 1. The Morgan fingerprint density at radius 3 is 2.69 bits per heavy atom. The van der Waals surface area contributed by atoms with Crippen LogP contribution in [0.1, 0.15) is 11.3 Å². The highest BCUT2D eigenvalue weighted by atomic mass is 32.1. The van der Waals surface area contributed by atoms with Crippen LogP contribution >= 0.6 is 11.3 Å². The van der Waals surface area contributed by atoms with Crippen LogP contribution in [0.15, 0.2) is 60.7 Å². The summed E-state index contributed by atoms with van der Waals surface area (Å²) in [6.07, 6.45) is 2.95. The van der Waals surface area contributed by atoms with Gasteiger partial charge in [-0.2, -0.15) is 9.78 Å². The number of anilines is 1. The molecule has 0 aliphatic rings. The monoisotopic (exact) mass is 405 g/mol. The summed E-state index contributed by atoms with van der Waals surface area (Å²) in [4.78, 5) is 27.2. The van der Waals surface area contributed by atoms with Crippen LogP contribution in [0.5, 0.6) is 0 Å². The minimum atomic E-state index is -0.467. The van der Waals surface area contributed by atoms with Crippen molar-refractivity contribution < 1.29 is 9.72 Å². The number of fused-ring (bicyclic) bond motifs is 1. The number of amides is 1. The molecule has 4 rings (SSSR count). The largest absolute Gasteiger partial charge is 0.307 e. The first-order valence-corrected chi connectivity index (χ1v) is 9.47. The third kappa shape index (κ3) is 4.04. The third-order valence-corrected chi connectivity index (χ3v) is 5.09. The second-order valence-corrected chi connectivity index (χ2v) is 7.23. The van der Waals surface area contributed by atoms with Gasteiger partial charge in [-0.25, -0.2) is 4.98 Å². The van der Waals surface area contributed by atoms with E-state index in [-0.39, 0.29) is 11.6 Å². The fourth-order valence-corrected chi connectivity index (χ4v) is 3.66. The van der Waals surface area contributed by atoms with Gasteiger partial charge in [-0.05, 0) is 42.8 Å². The lowest BCUT2D eigenvalue weighted by molar-refractivity contribution is -0.384. The van der Waals surface area contributed by atoms with Crippen molar-refractivity contribution in [2.45, 2.75) is 6.92 Å². The van der Waals surface area contributed by atoms with Gasteiger partial charge < -0.3 is 5.32 Å². The maximum absolute atomic E-state index is 12.4. The molecular weight excluding hydrogens is 390 g/mol. The summed E-state index contributed by atoms with van der Waals surface area (Å²) >= 11 is 1.48. The van der Waals surface area contributed by atoms with Gasteiger partial charge in [-0.1, -0.05) is 23.5 Å². The number of nitrogens with zero attached hydrogens (tertiary/aromatic N) is 4. The fourth-order valence-electron chi connectivity index (χ4n) is 2.73. The Hall–Kier alpha value is -3.85. The number of nitro groups is 1. The average Bonchev–Trinajstić information content (AvgIpc) is 3.29. The highest BCUT2D eigenvalue weighted by molar-refractivity contribution is 7.20. The van der Waals surface area contributed by atoms with E-state index in [9.17, 15) is 14.9 Å². The minimum absolute atomic E-state index is 0.00168. The van der Waals surface area contributed by atoms with Crippen LogP contribution in [0.2, 0.25) is 0 Å². The summed E-state index contributed by atoms with van der Waals surface area (Å²) in [6.45, 7) is 1.84. The molecule has 144 valence electrons. The van der Waals surface area contributed by atoms with Crippen LogP contribution in [0.4, 0.5) is 11.5 Å². The van der Waals surface area contributed by atoms with Crippen LogP contribution in [0.25, 0.3) is 21.4 Å². The van der Waals surface area contributed by atoms with E-state index in [0.29, 0.717) is 16.5 Å². The van der Waals surface area contributed by atoms with Crippen molar-refractivity contribution in [3.05, 3.63) is 82.0 Å². The van der Waals surface area contributed by atoms with E-state index >= 15 is 0 Å². The van der Waals surface area contributed by atoms with E-state index in [0.717, 1.165) is 15.9 Å². The first kappa shape index (κ1) is 18.5. The summed E-state index contributed by atoms with van der Waals surface area (Å²) in [5.41, 5.74) is 2.30. The summed E-state index contributed by atoms with van der Waals surface area (Å²) in [5.74, 6) is 0.172. The number of thiazole rings is 1. The molecule has 2 heterocycles. The van der Waals surface area contributed by atoms with Crippen LogP contribution in [-0.4, -0.2) is 25.6 Å². The van der Waals surface area contributed by atoms with Crippen molar-refractivity contribution in [1.82, 2.24) is 14.8 Å². The van der Waals surface area contributed by atoms with Crippen molar-refractivity contribution in [3.8, 4) is 5.13 Å². The van der Waals surface area contributed by atoms with Gasteiger partial charge in [-0.15, -0.1) is 0 Å². The van der Waals surface area contributed by atoms with Gasteiger partial charge in [0, 0.05) is 24.3 Å². The van der Waals surface area contributed by atoms with Crippen molar-refractivity contribution in [1.29, 1.82) is 0 Å². The lowest BCUT2D eigenvalue weighted by Gasteiger charge is -2.04. The SMILES string of the molecule is Cc1cc(NC(=O)/C=C/c2ccc([N+](=O)[O-])cc2)n(-c2nc3ccccc3s2)n1. The predicted molar refractivity (Wildman–Crippen MR) is 112 cm³/mol. The molecule has 0 unspecified atom stereocenters. The Balaban J connectivity index is 1.53. The second-order valence-electron chi connectivity index (χ2n) is 6.22. The molecule has 8 nitrogen and oxygen atoms in total. The molecule has 9 heteroatoms. The Labute approximate surface area is 169 Å². The van der Waals surface area contributed by atoms with Gasteiger partial charge in [0.25, 0.3) is 5.69 Å². The summed E-state index contributed by atoms with van der Waals surface area (Å²) in [6, 6.07) is 15.5. The molecule has 0 atom stereocenters. The summed E-state index contributed by atoms with van der Waals surface area (Å²) < 4.78 is 2.64. The summed E-state index contributed by atoms with van der Waals surface area (Å²) in [7, 11) is 0. The standard InChI is InChI=1S/C20H15N5O3S/c1-13-12-18(24(23-13)20-21-16-4-2-3-5-17(16)29-20)22-19(26)11-8-14-6-9-15(10-7-14)25(27)28/h2-12H,1H3,(H,22,26)/b11-8+. The minimum Gasteiger partial charge on any atom is -0.307 e. The smallest absolute Gasteiger partial charge is 0.269 e. The predicted octanol–water partition coefficient (Wildman–Crippen LogP) is 4.35. The zero-order chi connectivity index (χ0) is 20.4. The molecule has 0 aliphatic heterocycles. The number of rotatable bonds is 5. The molecule has 0 spiro atoms. The van der Waals surface area contributed by atoms with E-state index in [4.69, 9.17) is 0 Å². The van der Waals surface area contributed by atoms with Crippen LogP contribution in [0, 0.1) is 17.0 Å². The lowest BCUT2D eigenvalue weighted by atomic mass is 10.2. The van der Waals surface area contributed by atoms with E-state index in [1.165, 1.54) is 29.5 Å². The fraction of sp³-hybridized carbons (Fsp3) is 0.0500. The van der Waals surface area contributed by atoms with Gasteiger partial charge in [-0.3, -0.25) is 14.9 Å². The highest BCUT2D eigenvalue weighted by Gasteiger charge is 2.13. The van der Waals surface area contributed by atoms with Gasteiger partial charge in [0.05, 0.1) is 20.8 Å². The molecule has 2 aromatic heterocycles. The molecule has 1 N–H and O–H groups in total. The maximum atomic E-state index is 12.4. The molecule has 0 radical (unpaired) electrons. The highest BCUT2D eigenvalue weighted by Crippen LogP contribution is 2.27. The number of non-ortho nitro benzene ring substituents is 1. The normalized spacial score (nSPS) is 11.2. The summed E-state index contributed by atoms with van der Waals surface area (Å²) in [5, 5.41) is 18.6. The van der Waals surface area contributed by atoms with E-state index < -0.39 is 4.92 Å². The Kier molecular flexibility index (Phi) is 4.88. The topological polar surface area (TPSA) is 103 Å². The maximum Gasteiger partial charge on any atom is 0.269 e. The first-order valence-electron chi connectivity index (χ1n) is 8.66. The van der Waals surface area contributed by atoms with Crippen LogP contribution in [-0.2, 0) is 4.79 Å². The second kappa shape index (κ2) is 7.64. The van der Waals surface area contributed by atoms with Crippen LogP contribution in [0.3, 0.4) is 0 Å². The number of para-hydroxylation sites is 1. The Morgan fingerprint density at radius 1 is 1.21 bits per heavy atom. The van der Waals surface area contributed by atoms with E-state index in [1.807, 2.05) is 31.2 Å². The zero-order valence-corrected chi connectivity index (χ0v) is 16.1. The lowest BCUT2D eigenvalue weighted by Crippen LogP contribution is -2.12. The quantitative estimate of drug-likeness (QED) is 0.302. The average molecular weight is 405 g/mol. The van der Waals surface area contributed by atoms with E-state index in [2.05, 4.69) is 15.4 Å². The van der Waals surface area contributed by atoms with Crippen molar-refractivity contribution in [2.75, 3.05) is 5.32 Å². The molecule has 0 bridgehead atoms.